The number of hydrogen-bond acceptors (Lipinski definition) is 6. The lowest BCUT2D eigenvalue weighted by atomic mass is 10.2. The van der Waals surface area contributed by atoms with E-state index in [2.05, 4.69) is 43.3 Å². The molecule has 0 saturated heterocycles. The molecule has 3 aromatic rings. The maximum atomic E-state index is 12.1. The van der Waals surface area contributed by atoms with E-state index >= 15 is 0 Å². The van der Waals surface area contributed by atoms with Crippen LogP contribution in [0.25, 0.3) is 5.70 Å². The van der Waals surface area contributed by atoms with Crippen LogP contribution < -0.4 is 20.4 Å². The number of nitrogens with one attached hydrogen (secondary N) is 3. The van der Waals surface area contributed by atoms with Gasteiger partial charge in [-0.15, -0.1) is 0 Å². The van der Waals surface area contributed by atoms with Crippen LogP contribution in [0, 0.1) is 0 Å². The van der Waals surface area contributed by atoms with Crippen molar-refractivity contribution in [3.63, 3.8) is 0 Å². The molecule has 2 aromatic carbocycles. The average Bonchev–Trinajstić information content (AvgIpc) is 3.19. The van der Waals surface area contributed by atoms with E-state index in [1.807, 2.05) is 50.2 Å². The lowest BCUT2D eigenvalue weighted by molar-refractivity contribution is -0.107. The number of halogens is 1. The molecule has 0 aliphatic rings. The van der Waals surface area contributed by atoms with Gasteiger partial charge in [-0.05, 0) is 47.1 Å². The maximum absolute atomic E-state index is 12.1. The first-order valence-electron chi connectivity index (χ1n) is 10.4. The van der Waals surface area contributed by atoms with E-state index in [9.17, 15) is 14.7 Å². The van der Waals surface area contributed by atoms with E-state index in [1.165, 1.54) is 12.1 Å². The zero-order valence-electron chi connectivity index (χ0n) is 19.6. The standard InChI is InChI=1S/C14H15BrN4O2.C10H14N2O/c1-3-16-8(2)12-11(15)13(19-18-12)17-14(21)9-6-4-5-7-10(9)20;1-11(2)9-6-4-5-7-10(9)12(3)8-13/h4-7,16,20H,2-3H2,1H3,(H2,17,18,19,21);4-8H,1-3H3. The van der Waals surface area contributed by atoms with Crippen LogP contribution in [-0.4, -0.2) is 55.3 Å². The molecular formula is C24H29BrN6O3. The average molecular weight is 529 g/mol. The number of aromatic hydroxyl groups is 1. The van der Waals surface area contributed by atoms with Gasteiger partial charge in [0, 0.05) is 27.7 Å². The van der Waals surface area contributed by atoms with Gasteiger partial charge < -0.3 is 25.5 Å². The number of hydrogen-bond donors (Lipinski definition) is 4. The molecule has 0 aliphatic heterocycles. The molecule has 0 fully saturated rings. The molecular weight excluding hydrogens is 500 g/mol. The Morgan fingerprint density at radius 3 is 2.35 bits per heavy atom. The number of amides is 2. The van der Waals surface area contributed by atoms with Gasteiger partial charge in [0.2, 0.25) is 6.41 Å². The third kappa shape index (κ3) is 6.61. The van der Waals surface area contributed by atoms with Crippen LogP contribution in [0.4, 0.5) is 17.2 Å². The van der Waals surface area contributed by atoms with Gasteiger partial charge in [0.25, 0.3) is 5.91 Å². The van der Waals surface area contributed by atoms with Crippen molar-refractivity contribution in [1.82, 2.24) is 15.5 Å². The molecule has 0 aliphatic carbocycles. The van der Waals surface area contributed by atoms with Gasteiger partial charge in [0.15, 0.2) is 5.82 Å². The number of nitrogens with zero attached hydrogens (tertiary/aromatic N) is 3. The summed E-state index contributed by atoms with van der Waals surface area (Å²) in [6.07, 6.45) is 0.808. The van der Waals surface area contributed by atoms with E-state index in [1.54, 1.807) is 24.1 Å². The molecule has 34 heavy (non-hydrogen) atoms. The van der Waals surface area contributed by atoms with Crippen molar-refractivity contribution >= 4 is 51.1 Å². The third-order valence-corrected chi connectivity index (χ3v) is 5.45. The highest BCUT2D eigenvalue weighted by molar-refractivity contribution is 9.10. The molecule has 0 unspecified atom stereocenters. The number of anilines is 3. The highest BCUT2D eigenvalue weighted by Crippen LogP contribution is 2.28. The lowest BCUT2D eigenvalue weighted by Crippen LogP contribution is -2.18. The van der Waals surface area contributed by atoms with Crippen LogP contribution >= 0.6 is 15.9 Å². The fourth-order valence-corrected chi connectivity index (χ4v) is 3.47. The summed E-state index contributed by atoms with van der Waals surface area (Å²) in [7, 11) is 5.66. The van der Waals surface area contributed by atoms with Crippen LogP contribution in [0.3, 0.4) is 0 Å². The second kappa shape index (κ2) is 12.4. The molecule has 0 saturated carbocycles. The van der Waals surface area contributed by atoms with E-state index < -0.39 is 5.91 Å². The van der Waals surface area contributed by atoms with Crippen molar-refractivity contribution in [2.75, 3.05) is 42.8 Å². The van der Waals surface area contributed by atoms with E-state index in [4.69, 9.17) is 0 Å². The minimum Gasteiger partial charge on any atom is -0.507 e. The molecule has 1 aromatic heterocycles. The molecule has 0 atom stereocenters. The molecule has 0 radical (unpaired) electrons. The largest absolute Gasteiger partial charge is 0.507 e. The van der Waals surface area contributed by atoms with Gasteiger partial charge >= 0.3 is 0 Å². The lowest BCUT2D eigenvalue weighted by Gasteiger charge is -2.20. The summed E-state index contributed by atoms with van der Waals surface area (Å²) in [5.74, 6) is -0.197. The molecule has 9 nitrogen and oxygen atoms in total. The van der Waals surface area contributed by atoms with Crippen LogP contribution in [-0.2, 0) is 4.79 Å². The normalized spacial score (nSPS) is 9.91. The first-order valence-corrected chi connectivity index (χ1v) is 11.2. The predicted molar refractivity (Wildman–Crippen MR) is 140 cm³/mol. The van der Waals surface area contributed by atoms with E-state index in [-0.39, 0.29) is 11.3 Å². The van der Waals surface area contributed by atoms with Crippen LogP contribution in [0.5, 0.6) is 5.75 Å². The van der Waals surface area contributed by atoms with E-state index in [0.29, 0.717) is 21.7 Å². The number of benzene rings is 2. The molecule has 0 bridgehead atoms. The Balaban J connectivity index is 0.000000270. The van der Waals surface area contributed by atoms with Gasteiger partial charge in [-0.1, -0.05) is 30.8 Å². The van der Waals surface area contributed by atoms with Crippen LogP contribution in [0.2, 0.25) is 0 Å². The number of H-pyrrole nitrogens is 1. The Hall–Kier alpha value is -3.79. The van der Waals surface area contributed by atoms with Crippen molar-refractivity contribution in [2.24, 2.45) is 0 Å². The van der Waals surface area contributed by atoms with Crippen molar-refractivity contribution in [2.45, 2.75) is 6.92 Å². The third-order valence-electron chi connectivity index (χ3n) is 4.68. The monoisotopic (exact) mass is 528 g/mol. The Kier molecular flexibility index (Phi) is 9.69. The molecule has 3 rings (SSSR count). The second-order valence-electron chi connectivity index (χ2n) is 7.34. The maximum Gasteiger partial charge on any atom is 0.260 e. The Morgan fingerprint density at radius 2 is 1.76 bits per heavy atom. The quantitative estimate of drug-likeness (QED) is 0.328. The number of phenols is 1. The minimum absolute atomic E-state index is 0.0843. The molecule has 2 amide bonds. The number of carbonyl (C=O) groups excluding carboxylic acids is 2. The number of phenolic OH excluding ortho intramolecular Hbond substituents is 1. The number of rotatable bonds is 8. The van der Waals surface area contributed by atoms with Crippen molar-refractivity contribution in [1.29, 1.82) is 0 Å². The first-order chi connectivity index (χ1) is 16.2. The Labute approximate surface area is 207 Å². The number of aromatic nitrogens is 2. The van der Waals surface area contributed by atoms with Gasteiger partial charge in [-0.2, -0.15) is 5.10 Å². The van der Waals surface area contributed by atoms with Crippen molar-refractivity contribution in [3.05, 3.63) is 70.8 Å². The van der Waals surface area contributed by atoms with Gasteiger partial charge in [0.05, 0.1) is 32.8 Å². The summed E-state index contributed by atoms with van der Waals surface area (Å²) in [6, 6.07) is 14.1. The summed E-state index contributed by atoms with van der Waals surface area (Å²) in [5, 5.41) is 22.2. The molecule has 1 heterocycles. The fourth-order valence-electron chi connectivity index (χ4n) is 2.95. The topological polar surface area (TPSA) is 114 Å². The van der Waals surface area contributed by atoms with Gasteiger partial charge in [-0.3, -0.25) is 14.7 Å². The zero-order chi connectivity index (χ0) is 25.3. The van der Waals surface area contributed by atoms with Crippen LogP contribution in [0.1, 0.15) is 23.0 Å². The molecule has 0 spiro atoms. The zero-order valence-corrected chi connectivity index (χ0v) is 21.2. The second-order valence-corrected chi connectivity index (χ2v) is 8.13. The van der Waals surface area contributed by atoms with Crippen molar-refractivity contribution in [3.8, 4) is 5.75 Å². The van der Waals surface area contributed by atoms with E-state index in [0.717, 1.165) is 24.3 Å². The van der Waals surface area contributed by atoms with Gasteiger partial charge in [-0.25, -0.2) is 0 Å². The minimum atomic E-state index is -0.444. The van der Waals surface area contributed by atoms with Crippen LogP contribution in [0.15, 0.2) is 59.6 Å². The fraction of sp³-hybridized carbons (Fsp3) is 0.208. The summed E-state index contributed by atoms with van der Waals surface area (Å²) in [4.78, 5) is 26.2. The van der Waals surface area contributed by atoms with Crippen molar-refractivity contribution < 1.29 is 14.7 Å². The molecule has 4 N–H and O–H groups in total. The SMILES string of the molecule is C=C(NCC)c1[nH]nc(NC(=O)c2ccccc2O)c1Br.CN(C)c1ccccc1N(C)C=O. The smallest absolute Gasteiger partial charge is 0.260 e. The predicted octanol–water partition coefficient (Wildman–Crippen LogP) is 4.06. The number of para-hydroxylation sites is 3. The van der Waals surface area contributed by atoms with Gasteiger partial charge in [0.1, 0.15) is 5.75 Å². The molecule has 180 valence electrons. The highest BCUT2D eigenvalue weighted by atomic mass is 79.9. The Morgan fingerprint density at radius 1 is 1.15 bits per heavy atom. The summed E-state index contributed by atoms with van der Waals surface area (Å²) in [6.45, 7) is 6.56. The summed E-state index contributed by atoms with van der Waals surface area (Å²) >= 11 is 3.37. The highest BCUT2D eigenvalue weighted by Gasteiger charge is 2.17. The first kappa shape index (κ1) is 26.5. The summed E-state index contributed by atoms with van der Waals surface area (Å²) in [5.41, 5.74) is 3.46. The Bertz CT molecular complexity index is 1150. The number of carbonyl (C=O) groups is 2. The summed E-state index contributed by atoms with van der Waals surface area (Å²) < 4.78 is 0.595. The number of aromatic amines is 1. The molecule has 10 heteroatoms.